The van der Waals surface area contributed by atoms with Gasteiger partial charge >= 0.3 is 0 Å². The van der Waals surface area contributed by atoms with Gasteiger partial charge in [-0.1, -0.05) is 17.5 Å². The molecule has 0 aliphatic rings. The van der Waals surface area contributed by atoms with Crippen molar-refractivity contribution in [1.82, 2.24) is 0 Å². The van der Waals surface area contributed by atoms with Crippen LogP contribution in [0.3, 0.4) is 0 Å². The third-order valence-electron chi connectivity index (χ3n) is 1.30. The molecule has 0 heterocycles. The smallest absolute Gasteiger partial charge is 0.193 e. The summed E-state index contributed by atoms with van der Waals surface area (Å²) in [5.41, 5.74) is 0.999. The van der Waals surface area contributed by atoms with Gasteiger partial charge in [0, 0.05) is 10.6 Å². The Morgan fingerprint density at radius 2 is 2.00 bits per heavy atom. The molecule has 62 valence electrons. The van der Waals surface area contributed by atoms with Gasteiger partial charge in [0.05, 0.1) is 11.6 Å². The number of rotatable bonds is 0. The lowest BCUT2D eigenvalue weighted by atomic mass is 10.1. The van der Waals surface area contributed by atoms with E-state index in [1.165, 1.54) is 6.07 Å². The molecule has 0 radical (unpaired) electrons. The molecule has 0 atom stereocenters. The van der Waals surface area contributed by atoms with Crippen LogP contribution in [-0.4, -0.2) is 6.29 Å². The van der Waals surface area contributed by atoms with Gasteiger partial charge in [0.15, 0.2) is 6.29 Å². The van der Waals surface area contributed by atoms with Gasteiger partial charge in [-0.15, -0.1) is 0 Å². The molecule has 0 unspecified atom stereocenters. The number of halogens is 1. The van der Waals surface area contributed by atoms with Crippen molar-refractivity contribution in [2.24, 2.45) is 0 Å². The van der Waals surface area contributed by atoms with E-state index < -0.39 is 0 Å². The van der Waals surface area contributed by atoms with E-state index in [2.05, 4.69) is 11.8 Å². The van der Waals surface area contributed by atoms with E-state index in [1.54, 1.807) is 12.1 Å². The maximum Gasteiger partial charge on any atom is 0.193 e. The van der Waals surface area contributed by atoms with Crippen molar-refractivity contribution < 1.29 is 4.79 Å². The molecule has 0 N–H and O–H groups in total. The van der Waals surface area contributed by atoms with Crippen molar-refractivity contribution in [3.05, 3.63) is 34.3 Å². The predicted molar refractivity (Wildman–Crippen MR) is 49.1 cm³/mol. The largest absolute Gasteiger partial charge is 0.289 e. The fraction of sp³-hybridized carbons (Fsp3) is 0. The number of nitriles is 1. The van der Waals surface area contributed by atoms with Crippen molar-refractivity contribution >= 4 is 17.9 Å². The van der Waals surface area contributed by atoms with Crippen LogP contribution >= 0.6 is 11.6 Å². The van der Waals surface area contributed by atoms with Crippen LogP contribution in [0.15, 0.2) is 18.2 Å². The summed E-state index contributed by atoms with van der Waals surface area (Å²) in [4.78, 5) is 9.95. The highest BCUT2D eigenvalue weighted by Gasteiger charge is 1.95. The Hall–Kier alpha value is -1.77. The number of carbonyl (C=O) groups excluding carboxylic acids is 1. The summed E-state index contributed by atoms with van der Waals surface area (Å²) in [5, 5.41) is 9.02. The van der Waals surface area contributed by atoms with Crippen LogP contribution in [0.4, 0.5) is 0 Å². The Balaban J connectivity index is 3.17. The first-order valence-corrected chi connectivity index (χ1v) is 3.80. The lowest BCUT2D eigenvalue weighted by Gasteiger charge is -1.93. The number of hydrogen-bond donors (Lipinski definition) is 0. The zero-order chi connectivity index (χ0) is 9.68. The van der Waals surface area contributed by atoms with E-state index in [1.807, 2.05) is 6.07 Å². The van der Waals surface area contributed by atoms with Crippen molar-refractivity contribution in [2.45, 2.75) is 0 Å². The highest BCUT2D eigenvalue weighted by atomic mass is 35.5. The minimum absolute atomic E-state index is 0.433. The number of nitrogens with zero attached hydrogens (tertiary/aromatic N) is 1. The zero-order valence-corrected chi connectivity index (χ0v) is 7.30. The van der Waals surface area contributed by atoms with E-state index in [0.29, 0.717) is 22.4 Å². The second-order valence-electron chi connectivity index (χ2n) is 2.23. The molecule has 0 amide bonds. The monoisotopic (exact) mass is 189 g/mol. The molecule has 0 bridgehead atoms. The predicted octanol–water partition coefficient (Wildman–Crippen LogP) is 1.76. The van der Waals surface area contributed by atoms with Crippen LogP contribution < -0.4 is 0 Å². The summed E-state index contributed by atoms with van der Waals surface area (Å²) in [6, 6.07) is 6.65. The maximum absolute atomic E-state index is 9.95. The molecule has 3 heteroatoms. The summed E-state index contributed by atoms with van der Waals surface area (Å²) >= 11 is 5.70. The quantitative estimate of drug-likeness (QED) is 0.461. The lowest BCUT2D eigenvalue weighted by molar-refractivity contribution is -0.103. The number of hydrogen-bond acceptors (Lipinski definition) is 2. The molecule has 0 aromatic heterocycles. The molecule has 0 saturated carbocycles. The van der Waals surface area contributed by atoms with Crippen LogP contribution in [0.2, 0.25) is 5.02 Å². The molecule has 0 aliphatic heterocycles. The zero-order valence-electron chi connectivity index (χ0n) is 6.54. The summed E-state index contributed by atoms with van der Waals surface area (Å²) in [7, 11) is 0. The first-order valence-electron chi connectivity index (χ1n) is 3.42. The SMILES string of the molecule is N#Cc1cc(Cl)cc(C#CC=O)c1. The third kappa shape index (κ3) is 2.63. The number of carbonyl (C=O) groups is 1. The Labute approximate surface area is 80.7 Å². The van der Waals surface area contributed by atoms with Crippen LogP contribution in [-0.2, 0) is 4.79 Å². The van der Waals surface area contributed by atoms with Gasteiger partial charge < -0.3 is 0 Å². The molecule has 0 spiro atoms. The van der Waals surface area contributed by atoms with Gasteiger partial charge in [-0.2, -0.15) is 5.26 Å². The van der Waals surface area contributed by atoms with E-state index in [4.69, 9.17) is 16.9 Å². The molecule has 0 saturated heterocycles. The van der Waals surface area contributed by atoms with E-state index in [9.17, 15) is 4.79 Å². The molecule has 13 heavy (non-hydrogen) atoms. The first-order chi connectivity index (χ1) is 6.26. The Morgan fingerprint density at radius 1 is 1.31 bits per heavy atom. The van der Waals surface area contributed by atoms with Gasteiger partial charge in [0.1, 0.15) is 0 Å². The minimum Gasteiger partial charge on any atom is -0.289 e. The molecule has 1 aromatic carbocycles. The van der Waals surface area contributed by atoms with Crippen LogP contribution in [0.5, 0.6) is 0 Å². The van der Waals surface area contributed by atoms with Gasteiger partial charge in [-0.3, -0.25) is 4.79 Å². The average Bonchev–Trinajstić information content (AvgIpc) is 2.14. The van der Waals surface area contributed by atoms with Crippen molar-refractivity contribution in [1.29, 1.82) is 5.26 Å². The molecule has 1 rings (SSSR count). The molecule has 2 nitrogen and oxygen atoms in total. The van der Waals surface area contributed by atoms with E-state index >= 15 is 0 Å². The third-order valence-corrected chi connectivity index (χ3v) is 1.52. The van der Waals surface area contributed by atoms with Gasteiger partial charge in [-0.25, -0.2) is 0 Å². The Morgan fingerprint density at radius 3 is 2.62 bits per heavy atom. The normalized spacial score (nSPS) is 8.00. The highest BCUT2D eigenvalue weighted by Crippen LogP contribution is 2.13. The molecular weight excluding hydrogens is 186 g/mol. The second-order valence-corrected chi connectivity index (χ2v) is 2.66. The van der Waals surface area contributed by atoms with Crippen molar-refractivity contribution in [3.63, 3.8) is 0 Å². The fourth-order valence-corrected chi connectivity index (χ4v) is 1.07. The molecule has 0 fully saturated rings. The van der Waals surface area contributed by atoms with Crippen LogP contribution in [0, 0.1) is 23.2 Å². The standard InChI is InChI=1S/C10H4ClNO/c11-10-5-8(2-1-3-13)4-9(6-10)7-12/h3-6H. The summed E-state index contributed by atoms with van der Waals surface area (Å²) in [5.74, 6) is 4.80. The molecule has 0 aliphatic carbocycles. The second kappa shape index (κ2) is 4.30. The van der Waals surface area contributed by atoms with Crippen LogP contribution in [0.25, 0.3) is 0 Å². The van der Waals surface area contributed by atoms with Gasteiger partial charge in [0.2, 0.25) is 0 Å². The average molecular weight is 190 g/mol. The van der Waals surface area contributed by atoms with Crippen molar-refractivity contribution in [3.8, 4) is 17.9 Å². The van der Waals surface area contributed by atoms with Gasteiger partial charge in [-0.05, 0) is 24.1 Å². The van der Waals surface area contributed by atoms with E-state index in [-0.39, 0.29) is 0 Å². The number of aldehydes is 1. The molecule has 1 aromatic rings. The number of benzene rings is 1. The first kappa shape index (κ1) is 9.32. The summed E-state index contributed by atoms with van der Waals surface area (Å²) in [6.07, 6.45) is 0.493. The van der Waals surface area contributed by atoms with E-state index in [0.717, 1.165) is 0 Å². The Kier molecular flexibility index (Phi) is 3.09. The summed E-state index contributed by atoms with van der Waals surface area (Å²) in [6.45, 7) is 0. The molecular formula is C10H4ClNO. The minimum atomic E-state index is 0.433. The fourth-order valence-electron chi connectivity index (χ4n) is 0.839. The highest BCUT2D eigenvalue weighted by molar-refractivity contribution is 6.30. The summed E-state index contributed by atoms with van der Waals surface area (Å²) < 4.78 is 0. The topological polar surface area (TPSA) is 40.9 Å². The van der Waals surface area contributed by atoms with Crippen molar-refractivity contribution in [2.75, 3.05) is 0 Å². The lowest BCUT2D eigenvalue weighted by Crippen LogP contribution is -1.79. The Bertz CT molecular complexity index is 434. The van der Waals surface area contributed by atoms with Crippen LogP contribution in [0.1, 0.15) is 11.1 Å². The maximum atomic E-state index is 9.95. The van der Waals surface area contributed by atoms with Gasteiger partial charge in [0.25, 0.3) is 0 Å².